The summed E-state index contributed by atoms with van der Waals surface area (Å²) in [6.07, 6.45) is 6.99. The Bertz CT molecular complexity index is 861. The normalized spacial score (nSPS) is 13.5. The quantitative estimate of drug-likeness (QED) is 0.0401. The van der Waals surface area contributed by atoms with Crippen LogP contribution in [0.5, 0.6) is 0 Å². The average molecular weight is 655 g/mol. The van der Waals surface area contributed by atoms with E-state index in [9.17, 15) is 28.6 Å². The fourth-order valence-corrected chi connectivity index (χ4v) is 4.33. The summed E-state index contributed by atoms with van der Waals surface area (Å²) < 4.78 is 43.6. The van der Waals surface area contributed by atoms with Crippen molar-refractivity contribution in [1.82, 2.24) is 0 Å². The number of nitrogens with zero attached hydrogens (tertiary/aromatic N) is 1. The van der Waals surface area contributed by atoms with Gasteiger partial charge in [0.05, 0.1) is 41.0 Å². The van der Waals surface area contributed by atoms with Crippen LogP contribution in [-0.2, 0) is 51.7 Å². The Morgan fingerprint density at radius 3 is 1.57 bits per heavy atom. The highest BCUT2D eigenvalue weighted by Gasteiger charge is 2.27. The van der Waals surface area contributed by atoms with Crippen molar-refractivity contribution in [3.8, 4) is 0 Å². The summed E-state index contributed by atoms with van der Waals surface area (Å²) in [6, 6.07) is 0. The maximum absolute atomic E-state index is 12.4. The van der Waals surface area contributed by atoms with Crippen molar-refractivity contribution in [3.63, 3.8) is 0 Å². The molecule has 13 nitrogen and oxygen atoms in total. The van der Waals surface area contributed by atoms with Crippen LogP contribution in [0.2, 0.25) is 0 Å². The molecule has 0 heterocycles. The predicted molar refractivity (Wildman–Crippen MR) is 163 cm³/mol. The molecule has 1 unspecified atom stereocenters. The molecule has 258 valence electrons. The largest absolute Gasteiger partial charge is 0.472 e. The van der Waals surface area contributed by atoms with Gasteiger partial charge in [-0.15, -0.1) is 0 Å². The molecule has 0 spiro atoms. The minimum atomic E-state index is -4.47. The highest BCUT2D eigenvalue weighted by molar-refractivity contribution is 7.47. The number of phosphoric acid groups is 1. The molecular formula is C30H57NO12P+. The number of rotatable bonds is 28. The van der Waals surface area contributed by atoms with E-state index in [0.717, 1.165) is 51.4 Å². The van der Waals surface area contributed by atoms with Gasteiger partial charge < -0.3 is 28.3 Å². The van der Waals surface area contributed by atoms with Gasteiger partial charge in [0, 0.05) is 25.7 Å². The van der Waals surface area contributed by atoms with Gasteiger partial charge in [0.2, 0.25) is 0 Å². The summed E-state index contributed by atoms with van der Waals surface area (Å²) in [4.78, 5) is 58.4. The lowest BCUT2D eigenvalue weighted by Gasteiger charge is -2.24. The van der Waals surface area contributed by atoms with Crippen LogP contribution < -0.4 is 0 Å². The van der Waals surface area contributed by atoms with E-state index in [0.29, 0.717) is 24.2 Å². The Labute approximate surface area is 263 Å². The van der Waals surface area contributed by atoms with Crippen molar-refractivity contribution < 1.29 is 61.1 Å². The molecule has 0 aliphatic heterocycles. The first kappa shape index (κ1) is 42.0. The Hall–Kier alpha value is -2.05. The highest BCUT2D eigenvalue weighted by Crippen LogP contribution is 2.43. The van der Waals surface area contributed by atoms with Gasteiger partial charge in [0.1, 0.15) is 19.8 Å². The van der Waals surface area contributed by atoms with Gasteiger partial charge in [0.15, 0.2) is 6.10 Å². The number of ether oxygens (including phenoxy) is 4. The molecule has 14 heteroatoms. The first-order valence-electron chi connectivity index (χ1n) is 15.9. The zero-order valence-electron chi connectivity index (χ0n) is 27.6. The maximum Gasteiger partial charge on any atom is 0.472 e. The van der Waals surface area contributed by atoms with Crippen molar-refractivity contribution in [2.45, 2.75) is 110 Å². The number of hydrogen-bond donors (Lipinski definition) is 1. The minimum Gasteiger partial charge on any atom is -0.466 e. The first-order valence-corrected chi connectivity index (χ1v) is 17.4. The first-order chi connectivity index (χ1) is 20.8. The number of likely N-dealkylation sites (N-methyl/N-ethyl adjacent to an activating group) is 1. The molecule has 0 amide bonds. The summed E-state index contributed by atoms with van der Waals surface area (Å²) >= 11 is 0. The molecule has 44 heavy (non-hydrogen) atoms. The Morgan fingerprint density at radius 1 is 0.614 bits per heavy atom. The van der Waals surface area contributed by atoms with Crippen molar-refractivity contribution in [2.24, 2.45) is 0 Å². The molecule has 2 atom stereocenters. The van der Waals surface area contributed by atoms with Gasteiger partial charge in [-0.3, -0.25) is 28.2 Å². The third kappa shape index (κ3) is 27.5. The van der Waals surface area contributed by atoms with Crippen LogP contribution in [0.25, 0.3) is 0 Å². The summed E-state index contributed by atoms with van der Waals surface area (Å²) in [5.41, 5.74) is 0. The van der Waals surface area contributed by atoms with E-state index in [2.05, 4.69) is 13.8 Å². The monoisotopic (exact) mass is 654 g/mol. The molecule has 1 N–H and O–H groups in total. The van der Waals surface area contributed by atoms with E-state index >= 15 is 0 Å². The highest BCUT2D eigenvalue weighted by atomic mass is 31.2. The second kappa shape index (κ2) is 25.2. The van der Waals surface area contributed by atoms with Gasteiger partial charge in [-0.25, -0.2) is 4.57 Å². The Balaban J connectivity index is 4.71. The molecule has 0 bridgehead atoms. The number of carbonyl (C=O) groups excluding carboxylic acids is 4. The summed E-state index contributed by atoms with van der Waals surface area (Å²) in [5.74, 6) is -2.14. The van der Waals surface area contributed by atoms with E-state index in [1.165, 1.54) is 0 Å². The van der Waals surface area contributed by atoms with Gasteiger partial charge >= 0.3 is 31.7 Å². The minimum absolute atomic E-state index is 0.0339. The fourth-order valence-electron chi connectivity index (χ4n) is 3.59. The molecule has 0 aromatic heterocycles. The van der Waals surface area contributed by atoms with Crippen molar-refractivity contribution in [1.29, 1.82) is 0 Å². The topological polar surface area (TPSA) is 161 Å². The van der Waals surface area contributed by atoms with Gasteiger partial charge in [0.25, 0.3) is 0 Å². The van der Waals surface area contributed by atoms with Crippen molar-refractivity contribution in [3.05, 3.63) is 0 Å². The van der Waals surface area contributed by atoms with E-state index in [1.54, 1.807) is 0 Å². The number of quaternary nitrogens is 1. The van der Waals surface area contributed by atoms with Crippen LogP contribution in [0.4, 0.5) is 0 Å². The third-order valence-corrected chi connectivity index (χ3v) is 7.20. The van der Waals surface area contributed by atoms with Crippen LogP contribution in [-0.4, -0.2) is 100 Å². The summed E-state index contributed by atoms with van der Waals surface area (Å²) in [7, 11) is 1.20. The standard InChI is InChI=1S/C30H56NO12P/c1-6-8-10-12-21-38-27(32)16-14-18-29(34)40-24-26(25-42-44(36,37)41-23-20-31(3,4)5)43-30(35)19-15-17-28(33)39-22-13-11-9-7-2/h26H,6-25H2,1-5H3/p+1/t26-/m1/s1. The van der Waals surface area contributed by atoms with Crippen molar-refractivity contribution >= 4 is 31.7 Å². The van der Waals surface area contributed by atoms with E-state index in [1.807, 2.05) is 21.1 Å². The molecule has 0 fully saturated rings. The lowest BCUT2D eigenvalue weighted by atomic mass is 10.2. The second-order valence-electron chi connectivity index (χ2n) is 11.7. The van der Waals surface area contributed by atoms with Crippen LogP contribution in [0.1, 0.15) is 104 Å². The second-order valence-corrected chi connectivity index (χ2v) is 13.1. The maximum atomic E-state index is 12.4. The fraction of sp³-hybridized carbons (Fsp3) is 0.867. The molecule has 0 aliphatic rings. The van der Waals surface area contributed by atoms with E-state index in [-0.39, 0.29) is 51.1 Å². The number of esters is 4. The van der Waals surface area contributed by atoms with E-state index in [4.69, 9.17) is 28.0 Å². The average Bonchev–Trinajstić information content (AvgIpc) is 2.93. The molecular weight excluding hydrogens is 597 g/mol. The van der Waals surface area contributed by atoms with Crippen LogP contribution in [0.15, 0.2) is 0 Å². The summed E-state index contributed by atoms with van der Waals surface area (Å²) in [5, 5.41) is 0. The number of carbonyl (C=O) groups is 4. The molecule has 0 saturated carbocycles. The van der Waals surface area contributed by atoms with Crippen LogP contribution in [0, 0.1) is 0 Å². The van der Waals surface area contributed by atoms with Gasteiger partial charge in [-0.05, 0) is 25.7 Å². The third-order valence-electron chi connectivity index (χ3n) is 6.21. The molecule has 0 aliphatic carbocycles. The zero-order chi connectivity index (χ0) is 33.3. The molecule has 0 saturated heterocycles. The predicted octanol–water partition coefficient (Wildman–Crippen LogP) is 4.87. The zero-order valence-corrected chi connectivity index (χ0v) is 28.4. The lowest BCUT2D eigenvalue weighted by molar-refractivity contribution is -0.870. The Kier molecular flexibility index (Phi) is 24.0. The van der Waals surface area contributed by atoms with Gasteiger partial charge in [-0.1, -0.05) is 52.4 Å². The SMILES string of the molecule is CCCCCCOC(=O)CCCC(=O)OC[C@H](COP(=O)(O)OCC[N+](C)(C)C)OC(=O)CCCC(=O)OCCCCCC. The number of phosphoric ester groups is 1. The van der Waals surface area contributed by atoms with Crippen molar-refractivity contribution in [2.75, 3.05) is 60.7 Å². The summed E-state index contributed by atoms with van der Waals surface area (Å²) in [6.45, 7) is 4.26. The molecule has 0 aromatic rings. The molecule has 0 rings (SSSR count). The number of unbranched alkanes of at least 4 members (excludes halogenated alkanes) is 6. The van der Waals surface area contributed by atoms with Gasteiger partial charge in [-0.2, -0.15) is 0 Å². The van der Waals surface area contributed by atoms with Crippen LogP contribution >= 0.6 is 7.82 Å². The molecule has 0 radical (unpaired) electrons. The number of hydrogen-bond acceptors (Lipinski definition) is 11. The van der Waals surface area contributed by atoms with E-state index < -0.39 is 45.0 Å². The molecule has 0 aromatic carbocycles. The lowest BCUT2D eigenvalue weighted by Crippen LogP contribution is -2.37. The Morgan fingerprint density at radius 2 is 1.09 bits per heavy atom. The smallest absolute Gasteiger partial charge is 0.466 e. The van der Waals surface area contributed by atoms with Crippen LogP contribution in [0.3, 0.4) is 0 Å².